The van der Waals surface area contributed by atoms with Crippen molar-refractivity contribution < 1.29 is 42.5 Å². The number of aromatic nitrogens is 1. The number of ether oxygens (including phenoxy) is 6. The third-order valence-electron chi connectivity index (χ3n) is 8.60. The Bertz CT molecular complexity index is 1740. The van der Waals surface area contributed by atoms with E-state index in [-0.39, 0.29) is 25.1 Å². The van der Waals surface area contributed by atoms with Gasteiger partial charge >= 0.3 is 5.97 Å². The number of carbonyl (C=O) groups excluding carboxylic acids is 2. The number of nitrogens with zero attached hydrogens (tertiary/aromatic N) is 1. The molecule has 11 nitrogen and oxygen atoms in total. The van der Waals surface area contributed by atoms with Gasteiger partial charge in [-0.3, -0.25) is 9.59 Å². The van der Waals surface area contributed by atoms with Crippen molar-refractivity contribution in [3.05, 3.63) is 82.5 Å². The Labute approximate surface area is 252 Å². The van der Waals surface area contributed by atoms with Gasteiger partial charge in [-0.2, -0.15) is 0 Å². The summed E-state index contributed by atoms with van der Waals surface area (Å²) >= 11 is 0. The van der Waals surface area contributed by atoms with Crippen molar-refractivity contribution in [3.8, 4) is 40.1 Å². The largest absolute Gasteiger partial charge is 0.493 e. The van der Waals surface area contributed by atoms with Crippen LogP contribution in [0.5, 0.6) is 28.7 Å². The zero-order chi connectivity index (χ0) is 30.5. The zero-order valence-corrected chi connectivity index (χ0v) is 24.5. The van der Waals surface area contributed by atoms with Gasteiger partial charge in [0.2, 0.25) is 12.5 Å². The van der Waals surface area contributed by atoms with Crippen LogP contribution >= 0.6 is 0 Å². The van der Waals surface area contributed by atoms with E-state index in [1.807, 2.05) is 55.5 Å². The monoisotopic (exact) mass is 598 g/mol. The van der Waals surface area contributed by atoms with Crippen LogP contribution in [0.15, 0.2) is 59.1 Å². The summed E-state index contributed by atoms with van der Waals surface area (Å²) in [7, 11) is 4.62. The first kappa shape index (κ1) is 27.6. The number of benzene rings is 3. The molecule has 3 heterocycles. The van der Waals surface area contributed by atoms with E-state index >= 15 is 0 Å². The van der Waals surface area contributed by atoms with Crippen LogP contribution in [-0.2, 0) is 9.53 Å². The van der Waals surface area contributed by atoms with Gasteiger partial charge in [0.05, 0.1) is 39.9 Å². The van der Waals surface area contributed by atoms with Crippen molar-refractivity contribution in [2.24, 2.45) is 11.8 Å². The van der Waals surface area contributed by atoms with Crippen molar-refractivity contribution >= 4 is 11.9 Å². The predicted octanol–water partition coefficient (Wildman–Crippen LogP) is 4.81. The summed E-state index contributed by atoms with van der Waals surface area (Å²) in [6.45, 7) is 2.19. The van der Waals surface area contributed by atoms with Gasteiger partial charge in [-0.25, -0.2) is 0 Å². The van der Waals surface area contributed by atoms with Gasteiger partial charge in [0.1, 0.15) is 0 Å². The number of methoxy groups -OCH3 is 3. The Balaban J connectivity index is 1.31. The third-order valence-corrected chi connectivity index (χ3v) is 8.60. The highest BCUT2D eigenvalue weighted by atomic mass is 16.7. The topological polar surface area (TPSA) is 128 Å². The number of fused-ring (bicyclic) bond motifs is 3. The van der Waals surface area contributed by atoms with Gasteiger partial charge in [0.25, 0.3) is 5.91 Å². The number of esters is 1. The molecule has 0 radical (unpaired) electrons. The van der Waals surface area contributed by atoms with Gasteiger partial charge in [0, 0.05) is 23.5 Å². The summed E-state index contributed by atoms with van der Waals surface area (Å²) in [6, 6.07) is 16.2. The highest BCUT2D eigenvalue weighted by molar-refractivity contribution is 5.93. The third kappa shape index (κ3) is 4.47. The first-order valence-corrected chi connectivity index (χ1v) is 14.1. The van der Waals surface area contributed by atoms with Crippen molar-refractivity contribution in [1.29, 1.82) is 0 Å². The molecular weight excluding hydrogens is 568 g/mol. The molecule has 3 aliphatic rings. The van der Waals surface area contributed by atoms with Crippen molar-refractivity contribution in [2.75, 3.05) is 34.7 Å². The van der Waals surface area contributed by atoms with E-state index in [0.717, 1.165) is 27.8 Å². The zero-order valence-electron chi connectivity index (χ0n) is 24.5. The normalized spacial score (nSPS) is 21.2. The van der Waals surface area contributed by atoms with Crippen molar-refractivity contribution in [3.63, 3.8) is 0 Å². The Kier molecular flexibility index (Phi) is 6.80. The molecule has 44 heavy (non-hydrogen) atoms. The van der Waals surface area contributed by atoms with Gasteiger partial charge in [-0.15, -0.1) is 0 Å². The number of carbonyl (C=O) groups is 2. The number of hydrogen-bond acceptors (Lipinski definition) is 10. The molecule has 0 unspecified atom stereocenters. The molecular formula is C33H30N2O9. The fourth-order valence-corrected chi connectivity index (χ4v) is 6.48. The Hall–Kier alpha value is -5.19. The molecule has 7 rings (SSSR count). The SMILES string of the molecule is COc1cc([C@@H]2c3cc4c(cc3[C@@H](NC(=O)c3cc(-c5ccc(C)cc5)on3)[C@H]3COC(=O)[C@H]23)OCO4)cc(OC)c1OC. The summed E-state index contributed by atoms with van der Waals surface area (Å²) in [5.41, 5.74) is 4.36. The molecule has 1 fully saturated rings. The molecule has 1 saturated heterocycles. The molecule has 4 aromatic rings. The summed E-state index contributed by atoms with van der Waals surface area (Å²) in [5, 5.41) is 7.17. The van der Waals surface area contributed by atoms with E-state index in [1.165, 1.54) is 7.11 Å². The van der Waals surface area contributed by atoms with Crippen molar-refractivity contribution in [2.45, 2.75) is 18.9 Å². The summed E-state index contributed by atoms with van der Waals surface area (Å²) in [4.78, 5) is 27.1. The van der Waals surface area contributed by atoms with Gasteiger partial charge < -0.3 is 38.3 Å². The standard InChI is InChI=1S/C33H30N2O9/c1-16-5-7-17(8-6-16)23-13-22(35-44-23)32(36)34-30-20-12-25-24(42-15-43-25)11-19(20)28(29-21(30)14-41-33(29)37)18-9-26(38-2)31(40-4)27(10-18)39-3/h5-13,21,28-30H,14-15H2,1-4H3,(H,34,36)/t21-,28+,29-,30+/m0/s1. The number of nitrogens with one attached hydrogen (secondary N) is 1. The number of hydrogen-bond donors (Lipinski definition) is 1. The second-order valence-corrected chi connectivity index (χ2v) is 11.0. The lowest BCUT2D eigenvalue weighted by atomic mass is 9.65. The molecule has 1 aliphatic carbocycles. The van der Waals surface area contributed by atoms with E-state index in [2.05, 4.69) is 10.5 Å². The molecule has 0 spiro atoms. The maximum absolute atomic E-state index is 13.7. The van der Waals surface area contributed by atoms with E-state index in [9.17, 15) is 9.59 Å². The molecule has 1 aromatic heterocycles. The fraction of sp³-hybridized carbons (Fsp3) is 0.303. The van der Waals surface area contributed by atoms with Crippen LogP contribution in [0.1, 0.15) is 44.7 Å². The van der Waals surface area contributed by atoms with Crippen LogP contribution in [0.3, 0.4) is 0 Å². The van der Waals surface area contributed by atoms with E-state index in [4.69, 9.17) is 32.9 Å². The summed E-state index contributed by atoms with van der Waals surface area (Å²) in [5.74, 6) is 0.634. The second kappa shape index (κ2) is 10.8. The molecule has 0 bridgehead atoms. The van der Waals surface area contributed by atoms with Crippen LogP contribution in [0.2, 0.25) is 0 Å². The lowest BCUT2D eigenvalue weighted by Crippen LogP contribution is -2.43. The first-order chi connectivity index (χ1) is 21.4. The second-order valence-electron chi connectivity index (χ2n) is 11.0. The van der Waals surface area contributed by atoms with Crippen LogP contribution in [0.25, 0.3) is 11.3 Å². The average Bonchev–Trinajstić information content (AvgIpc) is 3.80. The van der Waals surface area contributed by atoms with Gasteiger partial charge in [0.15, 0.2) is 34.5 Å². The molecule has 0 saturated carbocycles. The Morgan fingerprint density at radius 2 is 1.57 bits per heavy atom. The van der Waals surface area contributed by atoms with Gasteiger partial charge in [-0.1, -0.05) is 35.0 Å². The minimum Gasteiger partial charge on any atom is -0.493 e. The fourth-order valence-electron chi connectivity index (χ4n) is 6.48. The van der Waals surface area contributed by atoms with E-state index < -0.39 is 29.7 Å². The number of cyclic esters (lactones) is 1. The van der Waals surface area contributed by atoms with E-state index in [1.54, 1.807) is 20.3 Å². The van der Waals surface area contributed by atoms with Crippen LogP contribution in [0, 0.1) is 18.8 Å². The number of rotatable bonds is 7. The molecule has 2 aliphatic heterocycles. The summed E-state index contributed by atoms with van der Waals surface area (Å²) in [6.07, 6.45) is 0. The lowest BCUT2D eigenvalue weighted by Gasteiger charge is -2.39. The minimum absolute atomic E-state index is 0.0692. The maximum Gasteiger partial charge on any atom is 0.310 e. The molecule has 1 N–H and O–H groups in total. The molecule has 11 heteroatoms. The molecule has 4 atom stereocenters. The highest BCUT2D eigenvalue weighted by Gasteiger charge is 2.53. The van der Waals surface area contributed by atoms with Crippen molar-refractivity contribution in [1.82, 2.24) is 10.5 Å². The minimum atomic E-state index is -0.628. The molecule has 3 aromatic carbocycles. The highest BCUT2D eigenvalue weighted by Crippen LogP contribution is 2.55. The van der Waals surface area contributed by atoms with E-state index in [0.29, 0.717) is 34.5 Å². The molecule has 226 valence electrons. The van der Waals surface area contributed by atoms with Gasteiger partial charge in [-0.05, 0) is 47.9 Å². The Morgan fingerprint density at radius 3 is 2.23 bits per heavy atom. The smallest absolute Gasteiger partial charge is 0.310 e. The maximum atomic E-state index is 13.7. The lowest BCUT2D eigenvalue weighted by molar-refractivity contribution is -0.141. The average molecular weight is 599 g/mol. The van der Waals surface area contributed by atoms with Crippen LogP contribution in [-0.4, -0.2) is 51.8 Å². The predicted molar refractivity (Wildman–Crippen MR) is 155 cm³/mol. The number of amides is 1. The Morgan fingerprint density at radius 1 is 0.886 bits per heavy atom. The van der Waals surface area contributed by atoms with Crippen LogP contribution < -0.4 is 29.0 Å². The summed E-state index contributed by atoms with van der Waals surface area (Å²) < 4.78 is 39.4. The first-order valence-electron chi connectivity index (χ1n) is 14.1. The van der Waals surface area contributed by atoms with Crippen LogP contribution in [0.4, 0.5) is 0 Å². The number of aryl methyl sites for hydroxylation is 1. The molecule has 1 amide bonds. The quantitative estimate of drug-likeness (QED) is 0.296.